The maximum atomic E-state index is 12.7. The number of imidazole rings is 1. The van der Waals surface area contributed by atoms with Crippen molar-refractivity contribution in [2.75, 3.05) is 6.54 Å². The number of nitrogens with one attached hydrogen (secondary N) is 1. The first-order valence-electron chi connectivity index (χ1n) is 8.16. The molecule has 0 aliphatic carbocycles. The number of para-hydroxylation sites is 1. The molecule has 24 heavy (non-hydrogen) atoms. The predicted molar refractivity (Wildman–Crippen MR) is 94.0 cm³/mol. The van der Waals surface area contributed by atoms with E-state index in [1.54, 1.807) is 12.5 Å². The van der Waals surface area contributed by atoms with Gasteiger partial charge in [0.25, 0.3) is 0 Å². The Morgan fingerprint density at radius 3 is 3.12 bits per heavy atom. The second kappa shape index (κ2) is 5.98. The summed E-state index contributed by atoms with van der Waals surface area (Å²) in [5.41, 5.74) is 3.37. The van der Waals surface area contributed by atoms with Gasteiger partial charge < -0.3 is 14.5 Å². The number of amides is 1. The Kier molecular flexibility index (Phi) is 3.81. The minimum absolute atomic E-state index is 0.110. The Bertz CT molecular complexity index is 884. The van der Waals surface area contributed by atoms with Crippen LogP contribution in [0.15, 0.2) is 36.9 Å². The zero-order chi connectivity index (χ0) is 16.7. The minimum atomic E-state index is 0.110. The fourth-order valence-electron chi connectivity index (χ4n) is 3.43. The average Bonchev–Trinajstić information content (AvgIpc) is 3.23. The van der Waals surface area contributed by atoms with E-state index in [9.17, 15) is 4.79 Å². The summed E-state index contributed by atoms with van der Waals surface area (Å²) < 4.78 is 1.97. The molecule has 4 rings (SSSR count). The van der Waals surface area contributed by atoms with Gasteiger partial charge in [-0.25, -0.2) is 4.98 Å². The highest BCUT2D eigenvalue weighted by Crippen LogP contribution is 2.32. The molecule has 1 aromatic carbocycles. The van der Waals surface area contributed by atoms with Gasteiger partial charge in [-0.3, -0.25) is 4.79 Å². The standard InChI is InChI=1S/C18H19ClN4O/c1-12(23-8-6-20-11-23)9-17(24)22-7-5-16-14(10-22)13-3-2-4-15(19)18(13)21-16/h2-4,6,8,11-12,21H,5,7,9-10H2,1H3. The van der Waals surface area contributed by atoms with Crippen molar-refractivity contribution in [2.24, 2.45) is 0 Å². The monoisotopic (exact) mass is 342 g/mol. The molecule has 3 aromatic rings. The summed E-state index contributed by atoms with van der Waals surface area (Å²) in [5.74, 6) is 0.179. The number of benzene rings is 1. The maximum Gasteiger partial charge on any atom is 0.224 e. The van der Waals surface area contributed by atoms with E-state index in [2.05, 4.69) is 16.0 Å². The number of aromatic amines is 1. The van der Waals surface area contributed by atoms with E-state index in [0.717, 1.165) is 28.9 Å². The topological polar surface area (TPSA) is 53.9 Å². The number of fused-ring (bicyclic) bond motifs is 3. The van der Waals surface area contributed by atoms with Crippen molar-refractivity contribution in [2.45, 2.75) is 32.4 Å². The van der Waals surface area contributed by atoms with E-state index >= 15 is 0 Å². The van der Waals surface area contributed by atoms with Crippen molar-refractivity contribution in [3.05, 3.63) is 53.2 Å². The lowest BCUT2D eigenvalue weighted by atomic mass is 10.0. The number of halogens is 1. The minimum Gasteiger partial charge on any atom is -0.357 e. The van der Waals surface area contributed by atoms with Gasteiger partial charge in [-0.2, -0.15) is 0 Å². The zero-order valence-corrected chi connectivity index (χ0v) is 14.3. The fourth-order valence-corrected chi connectivity index (χ4v) is 3.65. The number of hydrogen-bond acceptors (Lipinski definition) is 2. The zero-order valence-electron chi connectivity index (χ0n) is 13.5. The van der Waals surface area contributed by atoms with Gasteiger partial charge in [0.05, 0.1) is 16.9 Å². The quantitative estimate of drug-likeness (QED) is 0.791. The molecule has 0 saturated heterocycles. The van der Waals surface area contributed by atoms with Gasteiger partial charge in [0, 0.05) is 61.0 Å². The first-order valence-corrected chi connectivity index (χ1v) is 8.54. The van der Waals surface area contributed by atoms with Gasteiger partial charge in [0.1, 0.15) is 0 Å². The van der Waals surface area contributed by atoms with Crippen molar-refractivity contribution in [3.63, 3.8) is 0 Å². The highest BCUT2D eigenvalue weighted by molar-refractivity contribution is 6.35. The van der Waals surface area contributed by atoms with Crippen LogP contribution < -0.4 is 0 Å². The van der Waals surface area contributed by atoms with Gasteiger partial charge in [0.2, 0.25) is 5.91 Å². The molecule has 5 nitrogen and oxygen atoms in total. The van der Waals surface area contributed by atoms with Gasteiger partial charge in [-0.1, -0.05) is 23.7 Å². The summed E-state index contributed by atoms with van der Waals surface area (Å²) in [5, 5.41) is 1.85. The summed E-state index contributed by atoms with van der Waals surface area (Å²) in [7, 11) is 0. The first-order chi connectivity index (χ1) is 11.6. The lowest BCUT2D eigenvalue weighted by Crippen LogP contribution is -2.36. The number of carbonyl (C=O) groups is 1. The molecule has 124 valence electrons. The molecule has 1 N–H and O–H groups in total. The van der Waals surface area contributed by atoms with E-state index in [0.29, 0.717) is 13.0 Å². The van der Waals surface area contributed by atoms with Crippen molar-refractivity contribution in [1.29, 1.82) is 0 Å². The van der Waals surface area contributed by atoms with Crippen LogP contribution in [0.5, 0.6) is 0 Å². The largest absolute Gasteiger partial charge is 0.357 e. The summed E-state index contributed by atoms with van der Waals surface area (Å²) in [6, 6.07) is 6.03. The molecule has 6 heteroatoms. The molecule has 2 aromatic heterocycles. The van der Waals surface area contributed by atoms with Crippen LogP contribution in [-0.2, 0) is 17.8 Å². The third-order valence-electron chi connectivity index (χ3n) is 4.82. The van der Waals surface area contributed by atoms with Crippen LogP contribution >= 0.6 is 11.6 Å². The number of rotatable bonds is 3. The molecule has 1 unspecified atom stereocenters. The molecule has 1 aliphatic heterocycles. The van der Waals surface area contributed by atoms with E-state index in [-0.39, 0.29) is 11.9 Å². The second-order valence-electron chi connectivity index (χ2n) is 6.37. The Labute approximate surface area is 145 Å². The molecule has 0 bridgehead atoms. The predicted octanol–water partition coefficient (Wildman–Crippen LogP) is 3.55. The summed E-state index contributed by atoms with van der Waals surface area (Å²) in [4.78, 5) is 22.1. The lowest BCUT2D eigenvalue weighted by molar-refractivity contribution is -0.132. The van der Waals surface area contributed by atoms with Crippen LogP contribution in [0.25, 0.3) is 10.9 Å². The van der Waals surface area contributed by atoms with Gasteiger partial charge in [0.15, 0.2) is 0 Å². The molecular weight excluding hydrogens is 324 g/mol. The number of carbonyl (C=O) groups excluding carboxylic acids is 1. The number of nitrogens with zero attached hydrogens (tertiary/aromatic N) is 3. The molecule has 0 radical (unpaired) electrons. The van der Waals surface area contributed by atoms with Crippen molar-refractivity contribution < 1.29 is 4.79 Å². The van der Waals surface area contributed by atoms with Crippen molar-refractivity contribution in [3.8, 4) is 0 Å². The van der Waals surface area contributed by atoms with Crippen molar-refractivity contribution in [1.82, 2.24) is 19.4 Å². The molecule has 1 amide bonds. The molecule has 0 saturated carbocycles. The lowest BCUT2D eigenvalue weighted by Gasteiger charge is -2.28. The van der Waals surface area contributed by atoms with E-state index < -0.39 is 0 Å². The van der Waals surface area contributed by atoms with Crippen LogP contribution in [0.1, 0.15) is 30.6 Å². The maximum absolute atomic E-state index is 12.7. The van der Waals surface area contributed by atoms with Gasteiger partial charge in [-0.05, 0) is 13.0 Å². The second-order valence-corrected chi connectivity index (χ2v) is 6.78. The van der Waals surface area contributed by atoms with Crippen LogP contribution in [0.2, 0.25) is 5.02 Å². The van der Waals surface area contributed by atoms with Crippen LogP contribution in [0, 0.1) is 0 Å². The van der Waals surface area contributed by atoms with Gasteiger partial charge in [-0.15, -0.1) is 0 Å². The smallest absolute Gasteiger partial charge is 0.224 e. The first kappa shape index (κ1) is 15.3. The summed E-state index contributed by atoms with van der Waals surface area (Å²) in [6.45, 7) is 3.43. The van der Waals surface area contributed by atoms with Crippen LogP contribution in [-0.4, -0.2) is 31.9 Å². The normalized spacial score (nSPS) is 15.5. The number of hydrogen-bond donors (Lipinski definition) is 1. The summed E-state index contributed by atoms with van der Waals surface area (Å²) in [6.07, 6.45) is 6.71. The van der Waals surface area contributed by atoms with Crippen molar-refractivity contribution >= 4 is 28.4 Å². The van der Waals surface area contributed by atoms with Gasteiger partial charge >= 0.3 is 0 Å². The molecule has 0 spiro atoms. The Morgan fingerprint density at radius 2 is 2.33 bits per heavy atom. The highest BCUT2D eigenvalue weighted by atomic mass is 35.5. The van der Waals surface area contributed by atoms with E-state index in [1.165, 1.54) is 11.3 Å². The SMILES string of the molecule is CC(CC(=O)N1CCc2[nH]c3c(Cl)cccc3c2C1)n1ccnc1. The van der Waals surface area contributed by atoms with Crippen LogP contribution in [0.4, 0.5) is 0 Å². The van der Waals surface area contributed by atoms with E-state index in [4.69, 9.17) is 11.6 Å². The number of aromatic nitrogens is 3. The third-order valence-corrected chi connectivity index (χ3v) is 5.13. The Balaban J connectivity index is 1.54. The van der Waals surface area contributed by atoms with Crippen LogP contribution in [0.3, 0.4) is 0 Å². The molecule has 0 fully saturated rings. The molecule has 1 atom stereocenters. The Morgan fingerprint density at radius 1 is 1.46 bits per heavy atom. The third kappa shape index (κ3) is 2.59. The highest BCUT2D eigenvalue weighted by Gasteiger charge is 2.25. The molecule has 1 aliphatic rings. The number of H-pyrrole nitrogens is 1. The summed E-state index contributed by atoms with van der Waals surface area (Å²) >= 11 is 6.28. The average molecular weight is 343 g/mol. The molecular formula is C18H19ClN4O. The van der Waals surface area contributed by atoms with E-state index in [1.807, 2.05) is 34.7 Å². The molecule has 3 heterocycles. The fraction of sp³-hybridized carbons (Fsp3) is 0.333. The Hall–Kier alpha value is -2.27.